The van der Waals surface area contributed by atoms with E-state index in [1.807, 2.05) is 0 Å². The second-order valence-electron chi connectivity index (χ2n) is 3.00. The molecule has 0 unspecified atom stereocenters. The van der Waals surface area contributed by atoms with Gasteiger partial charge in [0.15, 0.2) is 0 Å². The third kappa shape index (κ3) is 2.73. The van der Waals surface area contributed by atoms with Gasteiger partial charge in [0, 0.05) is 6.04 Å². The first-order valence-corrected chi connectivity index (χ1v) is 4.49. The van der Waals surface area contributed by atoms with Crippen LogP contribution in [0.1, 0.15) is 17.2 Å². The minimum atomic E-state index is -4.46. The Labute approximate surface area is 90.3 Å². The normalized spacial score (nSPS) is 13.7. The first kappa shape index (κ1) is 12.1. The Kier molecular flexibility index (Phi) is 3.42. The maximum Gasteiger partial charge on any atom is 0.417 e. The lowest BCUT2D eigenvalue weighted by Gasteiger charge is -2.12. The van der Waals surface area contributed by atoms with Gasteiger partial charge < -0.3 is 5.73 Å². The molecule has 0 amide bonds. The van der Waals surface area contributed by atoms with Crippen LogP contribution in [-0.4, -0.2) is 0 Å². The third-order valence-electron chi connectivity index (χ3n) is 1.93. The van der Waals surface area contributed by atoms with Gasteiger partial charge in [-0.2, -0.15) is 13.2 Å². The highest BCUT2D eigenvalue weighted by Crippen LogP contribution is 2.35. The quantitative estimate of drug-likeness (QED) is 0.780. The Hall–Kier alpha value is -1.00. The SMILES string of the molecule is C=C[C@H](N)c1ccc(Cl)c(C(F)(F)F)c1. The summed E-state index contributed by atoms with van der Waals surface area (Å²) in [6.45, 7) is 3.41. The smallest absolute Gasteiger partial charge is 0.321 e. The molecule has 1 atom stereocenters. The lowest BCUT2D eigenvalue weighted by molar-refractivity contribution is -0.137. The third-order valence-corrected chi connectivity index (χ3v) is 2.26. The van der Waals surface area contributed by atoms with Crippen molar-refractivity contribution in [1.82, 2.24) is 0 Å². The molecule has 1 aromatic rings. The molecule has 15 heavy (non-hydrogen) atoms. The first-order chi connectivity index (χ1) is 6.86. The van der Waals surface area contributed by atoms with Gasteiger partial charge in [0.2, 0.25) is 0 Å². The summed E-state index contributed by atoms with van der Waals surface area (Å²) in [6, 6.07) is 2.95. The molecule has 0 aliphatic carbocycles. The fourth-order valence-electron chi connectivity index (χ4n) is 1.10. The minimum absolute atomic E-state index is 0.331. The first-order valence-electron chi connectivity index (χ1n) is 4.11. The Morgan fingerprint density at radius 2 is 2.00 bits per heavy atom. The van der Waals surface area contributed by atoms with Crippen LogP contribution in [0, 0.1) is 0 Å². The van der Waals surface area contributed by atoms with Crippen molar-refractivity contribution in [3.63, 3.8) is 0 Å². The fourth-order valence-corrected chi connectivity index (χ4v) is 1.33. The van der Waals surface area contributed by atoms with Gasteiger partial charge in [0.25, 0.3) is 0 Å². The summed E-state index contributed by atoms with van der Waals surface area (Å²) in [4.78, 5) is 0. The number of benzene rings is 1. The molecule has 5 heteroatoms. The van der Waals surface area contributed by atoms with Crippen LogP contribution >= 0.6 is 11.6 Å². The van der Waals surface area contributed by atoms with Crippen LogP contribution in [0.3, 0.4) is 0 Å². The Morgan fingerprint density at radius 1 is 1.40 bits per heavy atom. The van der Waals surface area contributed by atoms with Gasteiger partial charge in [-0.05, 0) is 17.7 Å². The Morgan fingerprint density at radius 3 is 2.47 bits per heavy atom. The predicted molar refractivity (Wildman–Crippen MR) is 53.6 cm³/mol. The van der Waals surface area contributed by atoms with Crippen molar-refractivity contribution in [2.45, 2.75) is 12.2 Å². The van der Waals surface area contributed by atoms with Gasteiger partial charge in [-0.1, -0.05) is 23.7 Å². The van der Waals surface area contributed by atoms with Crippen LogP contribution in [0.5, 0.6) is 0 Å². The van der Waals surface area contributed by atoms with E-state index < -0.39 is 17.8 Å². The molecule has 0 bridgehead atoms. The van der Waals surface area contributed by atoms with Crippen LogP contribution in [0.15, 0.2) is 30.9 Å². The lowest BCUT2D eigenvalue weighted by Crippen LogP contribution is -2.11. The summed E-state index contributed by atoms with van der Waals surface area (Å²) in [5, 5.41) is -0.331. The van der Waals surface area contributed by atoms with E-state index in [2.05, 4.69) is 6.58 Å². The monoisotopic (exact) mass is 235 g/mol. The maximum atomic E-state index is 12.4. The van der Waals surface area contributed by atoms with Crippen molar-refractivity contribution < 1.29 is 13.2 Å². The van der Waals surface area contributed by atoms with Gasteiger partial charge in [-0.25, -0.2) is 0 Å². The molecule has 0 saturated heterocycles. The molecule has 1 rings (SSSR count). The standard InChI is InChI=1S/C10H9ClF3N/c1-2-9(15)6-3-4-8(11)7(5-6)10(12,13)14/h2-5,9H,1,15H2/t9-/m0/s1. The number of hydrogen-bond acceptors (Lipinski definition) is 1. The number of alkyl halides is 3. The lowest BCUT2D eigenvalue weighted by atomic mass is 10.0. The number of halogens is 4. The van der Waals surface area contributed by atoms with Crippen molar-refractivity contribution in [2.24, 2.45) is 5.73 Å². The fraction of sp³-hybridized carbons (Fsp3) is 0.200. The van der Waals surface area contributed by atoms with E-state index in [1.54, 1.807) is 0 Å². The van der Waals surface area contributed by atoms with E-state index in [1.165, 1.54) is 18.2 Å². The largest absolute Gasteiger partial charge is 0.417 e. The Balaban J connectivity index is 3.22. The van der Waals surface area contributed by atoms with Crippen LogP contribution < -0.4 is 5.73 Å². The maximum absolute atomic E-state index is 12.4. The molecular weight excluding hydrogens is 227 g/mol. The molecule has 1 aromatic carbocycles. The van der Waals surface area contributed by atoms with Gasteiger partial charge in [-0.3, -0.25) is 0 Å². The molecule has 0 aliphatic rings. The molecule has 0 spiro atoms. The van der Waals surface area contributed by atoms with Crippen LogP contribution in [0.2, 0.25) is 5.02 Å². The summed E-state index contributed by atoms with van der Waals surface area (Å²) in [6.07, 6.45) is -3.10. The Bertz CT molecular complexity index is 373. The molecule has 0 aliphatic heterocycles. The highest BCUT2D eigenvalue weighted by molar-refractivity contribution is 6.31. The zero-order valence-corrected chi connectivity index (χ0v) is 8.44. The second-order valence-corrected chi connectivity index (χ2v) is 3.41. The van der Waals surface area contributed by atoms with Crippen molar-refractivity contribution >= 4 is 11.6 Å². The summed E-state index contributed by atoms with van der Waals surface area (Å²) in [7, 11) is 0. The van der Waals surface area contributed by atoms with Crippen molar-refractivity contribution in [1.29, 1.82) is 0 Å². The minimum Gasteiger partial charge on any atom is -0.321 e. The van der Waals surface area contributed by atoms with E-state index >= 15 is 0 Å². The average Bonchev–Trinajstić information content (AvgIpc) is 2.15. The molecule has 0 aromatic heterocycles. The zero-order valence-electron chi connectivity index (χ0n) is 7.68. The van der Waals surface area contributed by atoms with Gasteiger partial charge in [0.05, 0.1) is 10.6 Å². The van der Waals surface area contributed by atoms with E-state index in [4.69, 9.17) is 17.3 Å². The average molecular weight is 236 g/mol. The molecule has 0 fully saturated rings. The van der Waals surface area contributed by atoms with Crippen LogP contribution in [-0.2, 0) is 6.18 Å². The number of nitrogens with two attached hydrogens (primary N) is 1. The van der Waals surface area contributed by atoms with Gasteiger partial charge in [-0.15, -0.1) is 6.58 Å². The van der Waals surface area contributed by atoms with E-state index in [-0.39, 0.29) is 5.02 Å². The zero-order chi connectivity index (χ0) is 11.6. The molecule has 82 valence electrons. The number of rotatable bonds is 2. The summed E-state index contributed by atoms with van der Waals surface area (Å²) in [5.74, 6) is 0. The van der Waals surface area contributed by atoms with Crippen molar-refractivity contribution in [3.8, 4) is 0 Å². The molecule has 1 nitrogen and oxygen atoms in total. The topological polar surface area (TPSA) is 26.0 Å². The van der Waals surface area contributed by atoms with Gasteiger partial charge >= 0.3 is 6.18 Å². The summed E-state index contributed by atoms with van der Waals surface area (Å²) < 4.78 is 37.3. The van der Waals surface area contributed by atoms with Crippen LogP contribution in [0.4, 0.5) is 13.2 Å². The molecule has 0 heterocycles. The molecule has 2 N–H and O–H groups in total. The number of hydrogen-bond donors (Lipinski definition) is 1. The summed E-state index contributed by atoms with van der Waals surface area (Å²) >= 11 is 5.44. The van der Waals surface area contributed by atoms with Gasteiger partial charge in [0.1, 0.15) is 0 Å². The predicted octanol–water partition coefficient (Wildman–Crippen LogP) is 3.54. The van der Waals surface area contributed by atoms with Crippen molar-refractivity contribution in [2.75, 3.05) is 0 Å². The van der Waals surface area contributed by atoms with Crippen molar-refractivity contribution in [3.05, 3.63) is 47.0 Å². The van der Waals surface area contributed by atoms with Crippen LogP contribution in [0.25, 0.3) is 0 Å². The molecule has 0 saturated carbocycles. The van der Waals surface area contributed by atoms with E-state index in [0.717, 1.165) is 6.07 Å². The highest BCUT2D eigenvalue weighted by Gasteiger charge is 2.33. The highest BCUT2D eigenvalue weighted by atomic mass is 35.5. The summed E-state index contributed by atoms with van der Waals surface area (Å²) in [5.41, 5.74) is 4.99. The second kappa shape index (κ2) is 4.24. The molecule has 0 radical (unpaired) electrons. The van der Waals surface area contributed by atoms with E-state index in [0.29, 0.717) is 5.56 Å². The van der Waals surface area contributed by atoms with E-state index in [9.17, 15) is 13.2 Å². The molecular formula is C10H9ClF3N.